The zero-order valence-electron chi connectivity index (χ0n) is 20.1. The van der Waals surface area contributed by atoms with Crippen LogP contribution < -0.4 is 5.32 Å². The third-order valence-electron chi connectivity index (χ3n) is 3.58. The quantitative estimate of drug-likeness (QED) is 0.699. The van der Waals surface area contributed by atoms with Crippen molar-refractivity contribution in [3.05, 3.63) is 0 Å². The van der Waals surface area contributed by atoms with Gasteiger partial charge in [-0.3, -0.25) is 4.90 Å². The molecule has 24 heavy (non-hydrogen) atoms. The normalized spacial score (nSPS) is 13.8. The SMILES string of the molecule is CC.CC.CC.CC.CCC(C)(C)N1CCN(C)CC1.CCNC. The molecule has 0 aromatic rings. The summed E-state index contributed by atoms with van der Waals surface area (Å²) in [4.78, 5) is 5.01. The lowest BCUT2D eigenvalue weighted by Gasteiger charge is -2.42. The van der Waals surface area contributed by atoms with Crippen LogP contribution in [0, 0.1) is 0 Å². The van der Waals surface area contributed by atoms with E-state index in [2.05, 4.69) is 49.9 Å². The fraction of sp³-hybridized carbons (Fsp3) is 1.00. The topological polar surface area (TPSA) is 18.5 Å². The summed E-state index contributed by atoms with van der Waals surface area (Å²) in [7, 11) is 4.14. The zero-order chi connectivity index (χ0) is 20.6. The maximum Gasteiger partial charge on any atom is 0.0151 e. The van der Waals surface area contributed by atoms with E-state index >= 15 is 0 Å². The maximum absolute atomic E-state index is 2.93. The Balaban J connectivity index is -0.0000000843. The molecule has 1 N–H and O–H groups in total. The van der Waals surface area contributed by atoms with Crippen LogP contribution in [0.1, 0.15) is 89.5 Å². The molecule has 1 saturated heterocycles. The first-order valence-electron chi connectivity index (χ1n) is 10.6. The van der Waals surface area contributed by atoms with Crippen LogP contribution in [0.25, 0.3) is 0 Å². The van der Waals surface area contributed by atoms with Crippen molar-refractivity contribution >= 4 is 0 Å². The van der Waals surface area contributed by atoms with Crippen molar-refractivity contribution in [3.8, 4) is 0 Å². The second-order valence-corrected chi connectivity index (χ2v) is 5.16. The van der Waals surface area contributed by atoms with Gasteiger partial charge in [0.1, 0.15) is 0 Å². The molecule has 0 unspecified atom stereocenters. The first kappa shape index (κ1) is 35.1. The Bertz CT molecular complexity index is 160. The first-order valence-corrected chi connectivity index (χ1v) is 10.6. The van der Waals surface area contributed by atoms with Gasteiger partial charge in [0.2, 0.25) is 0 Å². The van der Waals surface area contributed by atoms with Gasteiger partial charge in [-0.2, -0.15) is 0 Å². The van der Waals surface area contributed by atoms with Crippen LogP contribution in [0.15, 0.2) is 0 Å². The maximum atomic E-state index is 2.93. The molecule has 0 saturated carbocycles. The molecule has 0 aliphatic carbocycles. The fourth-order valence-corrected chi connectivity index (χ4v) is 1.64. The highest BCUT2D eigenvalue weighted by Gasteiger charge is 2.26. The molecule has 3 nitrogen and oxygen atoms in total. The smallest absolute Gasteiger partial charge is 0.0151 e. The van der Waals surface area contributed by atoms with Crippen LogP contribution in [-0.2, 0) is 0 Å². The van der Waals surface area contributed by atoms with E-state index in [0.717, 1.165) is 6.54 Å². The molecule has 0 amide bonds. The van der Waals surface area contributed by atoms with Crippen molar-refractivity contribution in [2.75, 3.05) is 46.8 Å². The second kappa shape index (κ2) is 30.7. The van der Waals surface area contributed by atoms with Crippen LogP contribution in [0.4, 0.5) is 0 Å². The molecule has 0 radical (unpaired) electrons. The van der Waals surface area contributed by atoms with Gasteiger partial charge in [0, 0.05) is 31.7 Å². The van der Waals surface area contributed by atoms with Crippen LogP contribution in [0.3, 0.4) is 0 Å². The lowest BCUT2D eigenvalue weighted by molar-refractivity contribution is 0.0598. The van der Waals surface area contributed by atoms with E-state index in [1.807, 2.05) is 62.4 Å². The summed E-state index contributed by atoms with van der Waals surface area (Å²) < 4.78 is 0. The molecule has 0 spiro atoms. The van der Waals surface area contributed by atoms with Crippen molar-refractivity contribution in [1.82, 2.24) is 15.1 Å². The standard InChI is InChI=1S/C10H22N2.C3H9N.4C2H6/c1-5-10(2,3)12-8-6-11(4)7-9-12;1-3-4-2;4*1-2/h5-9H2,1-4H3;4H,3H2,1-2H3;4*1-2H3. The molecule has 0 atom stereocenters. The van der Waals surface area contributed by atoms with Gasteiger partial charge in [0.05, 0.1) is 0 Å². The second-order valence-electron chi connectivity index (χ2n) is 5.16. The average molecular weight is 350 g/mol. The van der Waals surface area contributed by atoms with Crippen LogP contribution >= 0.6 is 0 Å². The van der Waals surface area contributed by atoms with Crippen molar-refractivity contribution in [1.29, 1.82) is 0 Å². The number of rotatable bonds is 3. The number of likely N-dealkylation sites (N-methyl/N-ethyl adjacent to an activating group) is 1. The molecule has 3 heteroatoms. The molecule has 0 aromatic carbocycles. The Labute approximate surface area is 157 Å². The summed E-state index contributed by atoms with van der Waals surface area (Å²) in [5.41, 5.74) is 0.404. The molecule has 0 bridgehead atoms. The monoisotopic (exact) mass is 349 g/mol. The summed E-state index contributed by atoms with van der Waals surface area (Å²) in [6.07, 6.45) is 1.25. The van der Waals surface area contributed by atoms with Crippen molar-refractivity contribution < 1.29 is 0 Å². The van der Waals surface area contributed by atoms with Gasteiger partial charge in [-0.25, -0.2) is 0 Å². The molecule has 1 fully saturated rings. The minimum Gasteiger partial charge on any atom is -0.320 e. The molecule has 1 aliphatic heterocycles. The summed E-state index contributed by atoms with van der Waals surface area (Å²) in [5, 5.41) is 2.93. The average Bonchev–Trinajstić information content (AvgIpc) is 2.68. The van der Waals surface area contributed by atoms with Crippen molar-refractivity contribution in [2.45, 2.75) is 95.0 Å². The number of hydrogen-bond donors (Lipinski definition) is 1. The Morgan fingerprint density at radius 3 is 1.25 bits per heavy atom. The largest absolute Gasteiger partial charge is 0.320 e. The van der Waals surface area contributed by atoms with Gasteiger partial charge < -0.3 is 10.2 Å². The third-order valence-corrected chi connectivity index (χ3v) is 3.58. The molecule has 1 heterocycles. The Kier molecular flexibility index (Phi) is 44.9. The van der Waals surface area contributed by atoms with Gasteiger partial charge in [-0.05, 0) is 40.9 Å². The van der Waals surface area contributed by atoms with Gasteiger partial charge in [-0.1, -0.05) is 69.2 Å². The van der Waals surface area contributed by atoms with E-state index in [1.165, 1.54) is 32.6 Å². The summed E-state index contributed by atoms with van der Waals surface area (Å²) in [6.45, 7) is 31.0. The third kappa shape index (κ3) is 24.1. The lowest BCUT2D eigenvalue weighted by Crippen LogP contribution is -2.53. The fourth-order valence-electron chi connectivity index (χ4n) is 1.64. The number of piperazine rings is 1. The molecule has 1 rings (SSSR count). The Hall–Kier alpha value is -0.120. The number of nitrogens with zero attached hydrogens (tertiary/aromatic N) is 2. The first-order chi connectivity index (χ1) is 11.5. The van der Waals surface area contributed by atoms with E-state index in [-0.39, 0.29) is 0 Å². The molecular weight excluding hydrogens is 294 g/mol. The van der Waals surface area contributed by atoms with E-state index in [0.29, 0.717) is 5.54 Å². The van der Waals surface area contributed by atoms with Crippen LogP contribution in [-0.4, -0.2) is 62.2 Å². The zero-order valence-corrected chi connectivity index (χ0v) is 20.1. The van der Waals surface area contributed by atoms with Crippen LogP contribution in [0.2, 0.25) is 0 Å². The lowest BCUT2D eigenvalue weighted by atomic mass is 9.98. The summed E-state index contributed by atoms with van der Waals surface area (Å²) >= 11 is 0. The summed E-state index contributed by atoms with van der Waals surface area (Å²) in [5.74, 6) is 0. The summed E-state index contributed by atoms with van der Waals surface area (Å²) in [6, 6.07) is 0. The van der Waals surface area contributed by atoms with E-state index < -0.39 is 0 Å². The van der Waals surface area contributed by atoms with Gasteiger partial charge in [0.15, 0.2) is 0 Å². The van der Waals surface area contributed by atoms with Crippen LogP contribution in [0.5, 0.6) is 0 Å². The van der Waals surface area contributed by atoms with Gasteiger partial charge in [-0.15, -0.1) is 0 Å². The highest BCUT2D eigenvalue weighted by atomic mass is 15.3. The minimum atomic E-state index is 0.404. The Morgan fingerprint density at radius 2 is 1.04 bits per heavy atom. The molecular formula is C21H55N3. The van der Waals surface area contributed by atoms with Gasteiger partial charge >= 0.3 is 0 Å². The predicted molar refractivity (Wildman–Crippen MR) is 118 cm³/mol. The van der Waals surface area contributed by atoms with E-state index in [1.54, 1.807) is 0 Å². The number of hydrogen-bond acceptors (Lipinski definition) is 3. The molecule has 0 aromatic heterocycles. The van der Waals surface area contributed by atoms with Crippen molar-refractivity contribution in [2.24, 2.45) is 0 Å². The Morgan fingerprint density at radius 1 is 0.750 bits per heavy atom. The van der Waals surface area contributed by atoms with Crippen molar-refractivity contribution in [3.63, 3.8) is 0 Å². The number of nitrogens with one attached hydrogen (secondary N) is 1. The highest BCUT2D eigenvalue weighted by molar-refractivity contribution is 4.83. The molecule has 1 aliphatic rings. The highest BCUT2D eigenvalue weighted by Crippen LogP contribution is 2.19. The predicted octanol–water partition coefficient (Wildman–Crippen LogP) is 5.75. The minimum absolute atomic E-state index is 0.404. The molecule has 154 valence electrons. The van der Waals surface area contributed by atoms with E-state index in [9.17, 15) is 0 Å². The van der Waals surface area contributed by atoms with E-state index in [4.69, 9.17) is 0 Å². The van der Waals surface area contributed by atoms with Gasteiger partial charge in [0.25, 0.3) is 0 Å².